The van der Waals surface area contributed by atoms with E-state index in [9.17, 15) is 24.0 Å². The highest BCUT2D eigenvalue weighted by molar-refractivity contribution is 8.00. The number of anilines is 1. The summed E-state index contributed by atoms with van der Waals surface area (Å²) in [7, 11) is 0. The molecular weight excluding hydrogens is 628 g/mol. The number of esters is 3. The summed E-state index contributed by atoms with van der Waals surface area (Å²) in [4.78, 5) is 71.7. The maximum atomic E-state index is 13.2. The van der Waals surface area contributed by atoms with Crippen molar-refractivity contribution >= 4 is 81.1 Å². The first-order chi connectivity index (χ1) is 20.4. The van der Waals surface area contributed by atoms with Gasteiger partial charge >= 0.3 is 17.9 Å². The second-order valence-corrected chi connectivity index (χ2v) is 11.1. The Bertz CT molecular complexity index is 1350. The van der Waals surface area contributed by atoms with Crippen LogP contribution in [0.15, 0.2) is 16.4 Å². The molecule has 1 aromatic rings. The fourth-order valence-corrected chi connectivity index (χ4v) is 5.78. The van der Waals surface area contributed by atoms with Crippen LogP contribution in [0.1, 0.15) is 53.3 Å². The van der Waals surface area contributed by atoms with Crippen molar-refractivity contribution in [2.24, 2.45) is 5.16 Å². The van der Waals surface area contributed by atoms with Gasteiger partial charge in [-0.25, -0.2) is 4.79 Å². The van der Waals surface area contributed by atoms with Gasteiger partial charge in [0, 0.05) is 44.0 Å². The van der Waals surface area contributed by atoms with Crippen LogP contribution in [0, 0.1) is 0 Å². The Morgan fingerprint density at radius 1 is 1.09 bits per heavy atom. The van der Waals surface area contributed by atoms with Gasteiger partial charge in [-0.3, -0.25) is 24.1 Å². The lowest BCUT2D eigenvalue weighted by molar-refractivity contribution is -0.187. The predicted molar refractivity (Wildman–Crippen MR) is 156 cm³/mol. The summed E-state index contributed by atoms with van der Waals surface area (Å²) < 4.78 is 24.4. The number of nitrogens with two attached hydrogens (primary N) is 1. The van der Waals surface area contributed by atoms with Crippen LogP contribution in [0.3, 0.4) is 0 Å². The van der Waals surface area contributed by atoms with Crippen molar-refractivity contribution in [3.63, 3.8) is 0 Å². The fourth-order valence-electron chi connectivity index (χ4n) is 3.65. The molecule has 3 unspecified atom stereocenters. The average Bonchev–Trinajstić information content (AvgIpc) is 3.38. The van der Waals surface area contributed by atoms with E-state index in [0.717, 1.165) is 17.1 Å². The molecule has 0 spiro atoms. The van der Waals surface area contributed by atoms with Crippen molar-refractivity contribution in [1.29, 1.82) is 0 Å². The molecule has 0 aliphatic carbocycles. The molecule has 43 heavy (non-hydrogen) atoms. The lowest BCUT2D eigenvalue weighted by Gasteiger charge is -2.50. The third kappa shape index (κ3) is 8.60. The molecule has 0 radical (unpaired) electrons. The summed E-state index contributed by atoms with van der Waals surface area (Å²) in [6.07, 6.45) is -1.88. The Morgan fingerprint density at radius 3 is 2.28 bits per heavy atom. The van der Waals surface area contributed by atoms with Crippen molar-refractivity contribution in [3.8, 4) is 0 Å². The van der Waals surface area contributed by atoms with Gasteiger partial charge in [-0.2, -0.15) is 9.36 Å². The first-order valence-electron chi connectivity index (χ1n) is 12.9. The van der Waals surface area contributed by atoms with E-state index in [1.165, 1.54) is 30.5 Å². The molecule has 3 rings (SSSR count). The third-order valence-electron chi connectivity index (χ3n) is 5.59. The number of carbonyl (C=O) groups excluding carboxylic acids is 5. The van der Waals surface area contributed by atoms with E-state index in [2.05, 4.69) is 19.8 Å². The van der Waals surface area contributed by atoms with Crippen molar-refractivity contribution in [2.75, 3.05) is 18.1 Å². The van der Waals surface area contributed by atoms with Crippen LogP contribution < -0.4 is 11.1 Å². The minimum absolute atomic E-state index is 0.0270. The van der Waals surface area contributed by atoms with Crippen LogP contribution in [0.4, 0.5) is 5.13 Å². The molecule has 2 amide bonds. The summed E-state index contributed by atoms with van der Waals surface area (Å²) in [6.45, 7) is 7.13. The van der Waals surface area contributed by atoms with Gasteiger partial charge in [0.2, 0.25) is 35.8 Å². The number of aromatic nitrogens is 2. The molecule has 1 aromatic heterocycles. The molecule has 0 saturated carbocycles. The van der Waals surface area contributed by atoms with Crippen molar-refractivity contribution < 1.29 is 47.8 Å². The summed E-state index contributed by atoms with van der Waals surface area (Å²) in [6, 6.07) is -0.987. The third-order valence-corrected chi connectivity index (χ3v) is 7.84. The zero-order chi connectivity index (χ0) is 31.8. The second-order valence-electron chi connectivity index (χ2n) is 8.88. The van der Waals surface area contributed by atoms with E-state index in [0.29, 0.717) is 11.4 Å². The highest BCUT2D eigenvalue weighted by Gasteiger charge is 2.53. The molecule has 2 aliphatic rings. The van der Waals surface area contributed by atoms with E-state index in [4.69, 9.17) is 41.7 Å². The zero-order valence-corrected chi connectivity index (χ0v) is 26.3. The van der Waals surface area contributed by atoms with E-state index in [1.54, 1.807) is 20.8 Å². The van der Waals surface area contributed by atoms with Crippen molar-refractivity contribution in [3.05, 3.63) is 17.1 Å². The largest absolute Gasteiger partial charge is 0.442 e. The van der Waals surface area contributed by atoms with Gasteiger partial charge in [-0.05, 0) is 24.7 Å². The van der Waals surface area contributed by atoms with Crippen molar-refractivity contribution in [1.82, 2.24) is 19.6 Å². The van der Waals surface area contributed by atoms with Gasteiger partial charge in [0.15, 0.2) is 5.13 Å². The van der Waals surface area contributed by atoms with E-state index >= 15 is 0 Å². The Labute approximate surface area is 259 Å². The molecule has 1 saturated heterocycles. The molecule has 1 fully saturated rings. The summed E-state index contributed by atoms with van der Waals surface area (Å²) in [5, 5.41) is 5.75. The van der Waals surface area contributed by atoms with Crippen LogP contribution in [0.25, 0.3) is 0 Å². The lowest BCUT2D eigenvalue weighted by atomic mass is 10.0. The number of rotatable bonds is 13. The molecule has 234 valence electrons. The standard InChI is InChI=1S/C24H30N6O10S3/c1-6-13(31)37-11(4)39-15(33)8-36-28-16(19-27-24(25)43-29-19)20(34)26-17-21(35)30-18(10(3)9-42-22(17)30)23(41)40-12(5)38-14(32)7-2/h11-12,17,22H,6-9H2,1-5H3,(H,26,34)(H2,25,27,29)/t11?,12?,17?,22-/m1/s1. The maximum absolute atomic E-state index is 13.2. The number of thiocarbonyl (C=S) groups is 1. The van der Waals surface area contributed by atoms with Gasteiger partial charge in [-0.15, -0.1) is 11.8 Å². The normalized spacial score (nSPS) is 19.3. The zero-order valence-electron chi connectivity index (χ0n) is 23.8. The minimum Gasteiger partial charge on any atom is -0.442 e. The number of hydrogen-bond donors (Lipinski definition) is 2. The van der Waals surface area contributed by atoms with Crippen LogP contribution >= 0.6 is 35.5 Å². The molecule has 16 nitrogen and oxygen atoms in total. The molecule has 0 bridgehead atoms. The van der Waals surface area contributed by atoms with Gasteiger partial charge in [0.25, 0.3) is 11.8 Å². The molecule has 3 N–H and O–H groups in total. The number of β-lactam (4-membered cyclic amide) rings is 1. The van der Waals surface area contributed by atoms with Crippen LogP contribution in [-0.2, 0) is 47.8 Å². The maximum Gasteiger partial charge on any atom is 0.350 e. The number of carbonyl (C=O) groups is 5. The molecule has 3 heterocycles. The summed E-state index contributed by atoms with van der Waals surface area (Å²) in [5.41, 5.74) is 6.33. The number of nitrogens with zero attached hydrogens (tertiary/aromatic N) is 4. The molecular formula is C24H30N6O10S3. The Kier molecular flexibility index (Phi) is 11.8. The predicted octanol–water partition coefficient (Wildman–Crippen LogP) is 1.00. The van der Waals surface area contributed by atoms with E-state index in [-0.39, 0.29) is 28.8 Å². The van der Waals surface area contributed by atoms with Gasteiger partial charge in [0.05, 0.1) is 5.70 Å². The Morgan fingerprint density at radius 2 is 1.70 bits per heavy atom. The quantitative estimate of drug-likeness (QED) is 0.0756. The number of amides is 2. The first kappa shape index (κ1) is 33.7. The first-order valence-corrected chi connectivity index (χ1v) is 15.1. The van der Waals surface area contributed by atoms with Gasteiger partial charge < -0.3 is 34.8 Å². The summed E-state index contributed by atoms with van der Waals surface area (Å²) >= 11 is 7.58. The number of fused-ring (bicyclic) bond motifs is 1. The highest BCUT2D eigenvalue weighted by Crippen LogP contribution is 2.41. The van der Waals surface area contributed by atoms with Gasteiger partial charge in [-0.1, -0.05) is 19.0 Å². The molecule has 19 heteroatoms. The van der Waals surface area contributed by atoms with Crippen LogP contribution in [0.2, 0.25) is 0 Å². The Balaban J connectivity index is 1.67. The van der Waals surface area contributed by atoms with Gasteiger partial charge in [0.1, 0.15) is 11.4 Å². The number of nitrogen functional groups attached to an aromatic ring is 1. The topological polar surface area (TPSA) is 211 Å². The smallest absolute Gasteiger partial charge is 0.350 e. The van der Waals surface area contributed by atoms with Crippen molar-refractivity contribution in [2.45, 2.75) is 71.5 Å². The number of thioether (sulfide) groups is 1. The second kappa shape index (κ2) is 15.1. The highest BCUT2D eigenvalue weighted by atomic mass is 32.2. The lowest BCUT2D eigenvalue weighted by Crippen LogP contribution is -2.71. The minimum atomic E-state index is -1.16. The van der Waals surface area contributed by atoms with E-state index in [1.807, 2.05) is 0 Å². The number of ether oxygens (including phenoxy) is 4. The SMILES string of the molecule is CCC(=O)OC(C)OC(=O)CON=C(C(=O)NC1C(=O)N2C(C(=S)OC(C)OC(=O)CC)=C(C)CS[C@H]12)c1nsc(N)n1. The molecule has 0 aromatic carbocycles. The van der Waals surface area contributed by atoms with Crippen LogP contribution in [0.5, 0.6) is 0 Å². The number of nitrogens with one attached hydrogen (secondary N) is 1. The Hall–Kier alpha value is -3.84. The fraction of sp³-hybridized carbons (Fsp3) is 0.542. The monoisotopic (exact) mass is 658 g/mol. The summed E-state index contributed by atoms with van der Waals surface area (Å²) in [5.74, 6) is -3.03. The molecule has 4 atom stereocenters. The van der Waals surface area contributed by atoms with Crippen LogP contribution in [-0.4, -0.2) is 91.1 Å². The van der Waals surface area contributed by atoms with E-state index < -0.39 is 66.0 Å². The average molecular weight is 659 g/mol. The molecule has 2 aliphatic heterocycles. The number of hydrogen-bond acceptors (Lipinski definition) is 17. The number of oxime groups is 1.